The average Bonchev–Trinajstić information content (AvgIpc) is 1.60. The third kappa shape index (κ3) is 22.5. The molecule has 0 spiro atoms. The SMILES string of the molecule is C=CC1=C(C)C2CC3=N/C(=C(/CC(=O)NC(C)C(=O)NC(C)C(=O)NN(CC(N)=O)C(=O)[C@H]4O[C@H]4C(=O)OCC)c4[nH]c(cc4C(=O)NC(C)C(=O)NC(C)C(=O)NN(CC(N)=O)C(=O)[C@H]4O[C@H]4C(=O)OCC)/C=C4\N=C(CC1=N2)C(C)=C4CC)[C@@H](CCC(=O)NC(C)C(=O)NC(C)C(=O)NN(CC(N)=O)C(=O)[C@H]1O[C@H]1C(=O)OCC)[C@@H]3C. The van der Waals surface area contributed by atoms with Gasteiger partial charge in [-0.1, -0.05) is 26.5 Å². The Hall–Kier alpha value is -12.7. The molecule has 118 heavy (non-hydrogen) atoms. The maximum atomic E-state index is 15.4. The summed E-state index contributed by atoms with van der Waals surface area (Å²) in [5, 5.41) is 16.7. The van der Waals surface area contributed by atoms with Crippen molar-refractivity contribution in [1.82, 2.24) is 68.2 Å². The van der Waals surface area contributed by atoms with E-state index in [0.29, 0.717) is 44.3 Å². The third-order valence-corrected chi connectivity index (χ3v) is 19.8. The smallest absolute Gasteiger partial charge is 0.338 e. The summed E-state index contributed by atoms with van der Waals surface area (Å²) in [4.78, 5) is 260. The molecule has 8 heterocycles. The number of ether oxygens (including phenoxy) is 6. The first kappa shape index (κ1) is 90.9. The van der Waals surface area contributed by atoms with E-state index in [2.05, 4.69) is 59.7 Å². The highest BCUT2D eigenvalue weighted by atomic mass is 16.7. The van der Waals surface area contributed by atoms with Gasteiger partial charge in [0, 0.05) is 59.5 Å². The Kier molecular flexibility index (Phi) is 30.3. The van der Waals surface area contributed by atoms with Crippen molar-refractivity contribution in [2.24, 2.45) is 44.0 Å². The Balaban J connectivity index is 1.13. The molecule has 0 aromatic carbocycles. The molecule has 7 aliphatic rings. The molecule has 15 atom stereocenters. The van der Waals surface area contributed by atoms with E-state index >= 15 is 9.59 Å². The Morgan fingerprint density at radius 3 is 1.38 bits per heavy atom. The lowest BCUT2D eigenvalue weighted by molar-refractivity contribution is -0.146. The number of allylic oxidation sites excluding steroid dienone is 5. The van der Waals surface area contributed by atoms with Crippen LogP contribution < -0.4 is 65.4 Å². The number of nitrogens with two attached hydrogens (primary N) is 3. The Labute approximate surface area is 675 Å². The maximum Gasteiger partial charge on any atom is 0.338 e. The van der Waals surface area contributed by atoms with Gasteiger partial charge in [0.25, 0.3) is 41.4 Å². The molecule has 638 valence electrons. The van der Waals surface area contributed by atoms with Gasteiger partial charge in [-0.3, -0.25) is 103 Å². The second-order valence-corrected chi connectivity index (χ2v) is 28.7. The number of H-pyrrole nitrogens is 1. The number of aromatic nitrogens is 1. The van der Waals surface area contributed by atoms with Gasteiger partial charge in [-0.05, 0) is 123 Å². The predicted octanol–water partition coefficient (Wildman–Crippen LogP) is -4.09. The van der Waals surface area contributed by atoms with Crippen molar-refractivity contribution >= 4 is 135 Å². The number of fused-ring (bicyclic) bond motifs is 5. The zero-order chi connectivity index (χ0) is 87.3. The van der Waals surface area contributed by atoms with E-state index in [-0.39, 0.29) is 73.7 Å². The second-order valence-electron chi connectivity index (χ2n) is 28.7. The van der Waals surface area contributed by atoms with Gasteiger partial charge in [0.1, 0.15) is 55.9 Å². The number of aromatic amines is 1. The molecule has 1 aromatic heterocycles. The fourth-order valence-electron chi connectivity index (χ4n) is 13.3. The predicted molar refractivity (Wildman–Crippen MR) is 411 cm³/mol. The van der Waals surface area contributed by atoms with Crippen molar-refractivity contribution in [2.75, 3.05) is 39.5 Å². The second kappa shape index (κ2) is 39.3. The highest BCUT2D eigenvalue weighted by Gasteiger charge is 2.56. The zero-order valence-electron chi connectivity index (χ0n) is 67.3. The summed E-state index contributed by atoms with van der Waals surface area (Å²) in [5.41, 5.74) is 28.3. The van der Waals surface area contributed by atoms with Crippen LogP contribution in [0.4, 0.5) is 0 Å². The number of hydrogen-bond acceptors (Lipinski definition) is 27. The molecule has 0 saturated carbocycles. The lowest BCUT2D eigenvalue weighted by Crippen LogP contribution is -2.57. The molecule has 15 amide bonds. The summed E-state index contributed by atoms with van der Waals surface area (Å²) in [6.45, 7) is 21.0. The largest absolute Gasteiger partial charge is 0.464 e. The summed E-state index contributed by atoms with van der Waals surface area (Å²) >= 11 is 0. The molecular formula is C75H99N19O24. The number of nitrogens with one attached hydrogen (secondary N) is 10. The van der Waals surface area contributed by atoms with E-state index in [9.17, 15) is 76.7 Å². The molecule has 8 rings (SSSR count). The van der Waals surface area contributed by atoms with Crippen LogP contribution in [0, 0.1) is 11.8 Å². The first-order chi connectivity index (χ1) is 55.6. The van der Waals surface area contributed by atoms with E-state index in [1.165, 1.54) is 68.4 Å². The van der Waals surface area contributed by atoms with Crippen LogP contribution in [0.3, 0.4) is 0 Å². The summed E-state index contributed by atoms with van der Waals surface area (Å²) < 4.78 is 30.1. The molecule has 43 nitrogen and oxygen atoms in total. The van der Waals surface area contributed by atoms with Gasteiger partial charge < -0.3 is 82.5 Å². The van der Waals surface area contributed by atoms with Crippen molar-refractivity contribution in [3.63, 3.8) is 0 Å². The Morgan fingerprint density at radius 1 is 0.559 bits per heavy atom. The molecule has 1 aromatic rings. The number of epoxide rings is 3. The van der Waals surface area contributed by atoms with Crippen molar-refractivity contribution in [3.05, 3.63) is 69.4 Å². The molecule has 7 aliphatic heterocycles. The maximum absolute atomic E-state index is 15.4. The number of primary amides is 3. The quantitative estimate of drug-likeness (QED) is 0.0133. The van der Waals surface area contributed by atoms with Gasteiger partial charge in [-0.2, -0.15) is 0 Å². The van der Waals surface area contributed by atoms with Gasteiger partial charge in [0.05, 0.1) is 54.9 Å². The Morgan fingerprint density at radius 2 is 0.975 bits per heavy atom. The molecule has 3 fully saturated rings. The fourth-order valence-corrected chi connectivity index (χ4v) is 13.3. The van der Waals surface area contributed by atoms with Gasteiger partial charge in [0.15, 0.2) is 36.6 Å². The van der Waals surface area contributed by atoms with Crippen LogP contribution in [0.2, 0.25) is 0 Å². The number of nitrogens with zero attached hydrogens (tertiary/aromatic N) is 6. The molecule has 0 radical (unpaired) electrons. The van der Waals surface area contributed by atoms with Crippen LogP contribution >= 0.6 is 0 Å². The number of amides is 15. The minimum Gasteiger partial charge on any atom is -0.464 e. The van der Waals surface area contributed by atoms with Crippen molar-refractivity contribution in [1.29, 1.82) is 0 Å². The topological polar surface area (TPSA) is 621 Å². The standard InChI is InChI=1S/C75H99N19O24/c1-15-40-30(6)46-26-49-41(16-2)31(7)45(87-49)25-47-32(8)42(20-21-53(98)79-33(9)63(100)81-36(12)66(103)89-92(27-50(76)95)70(107)57-60(116-57)73(110)113-17-3)55(88-47)43(24-54(99)80-34(10)64(101)82-37(13)67(104)90-93(28-51(77)96)71(108)58-61(117-58)74(111)114-18-4)56-44(22-39(85-56)23-48(40)86-46)69(106)84-35(11)65(102)83-38(14)68(105)91-94(29-52(78)97)72(109)59-62(118-59)75(112)115-19-5/h16,22-23,32-38,42,45,57-62,85H,2,15,17-21,24-29H2,1,3-14H3,(H2,76,95)(H2,77,96)(H2,78,97)(H,79,98)(H,80,99)(H,81,100)(H,82,101)(H,83,102)(H,84,106)(H,89,103)(H,90,104)(H,91,105)/b48-23-,55-43-/t32-,33?,34?,35?,36?,37?,38?,42-,45?,57-,58-,59-,60+,61+,62+/m0/s1. The van der Waals surface area contributed by atoms with Crippen molar-refractivity contribution in [3.8, 4) is 0 Å². The lowest BCUT2D eigenvalue weighted by Gasteiger charge is -2.25. The van der Waals surface area contributed by atoms with Gasteiger partial charge in [0.2, 0.25) is 47.3 Å². The van der Waals surface area contributed by atoms with Gasteiger partial charge >= 0.3 is 17.9 Å². The highest BCUT2D eigenvalue weighted by molar-refractivity contribution is 6.21. The average molecular weight is 1650 g/mol. The Bertz CT molecular complexity index is 4550. The van der Waals surface area contributed by atoms with Crippen LogP contribution in [0.15, 0.2) is 67.4 Å². The minimum atomic E-state index is -1.53. The van der Waals surface area contributed by atoms with Crippen molar-refractivity contribution in [2.45, 2.75) is 207 Å². The number of carbonyl (C=O) groups is 18. The summed E-state index contributed by atoms with van der Waals surface area (Å²) in [7, 11) is 0. The van der Waals surface area contributed by atoms with E-state index in [0.717, 1.165) is 22.3 Å². The van der Waals surface area contributed by atoms with E-state index in [1.54, 1.807) is 12.2 Å². The van der Waals surface area contributed by atoms with Crippen LogP contribution in [0.25, 0.3) is 11.6 Å². The molecule has 16 N–H and O–H groups in total. The number of aliphatic imine (C=N–C) groups is 3. The lowest BCUT2D eigenvalue weighted by atomic mass is 9.82. The van der Waals surface area contributed by atoms with Crippen LogP contribution in [-0.4, -0.2) is 262 Å². The molecule has 7 unspecified atom stereocenters. The molecular weight excluding hydrogens is 1550 g/mol. The number of hydrazine groups is 3. The minimum absolute atomic E-state index is 0.0222. The summed E-state index contributed by atoms with van der Waals surface area (Å²) in [6.07, 6.45) is -5.33. The highest BCUT2D eigenvalue weighted by Crippen LogP contribution is 2.44. The van der Waals surface area contributed by atoms with Gasteiger partial charge in [-0.25, -0.2) is 29.4 Å². The number of esters is 3. The first-order valence-corrected chi connectivity index (χ1v) is 38.1. The molecule has 8 bridgehead atoms. The molecule has 43 heteroatoms. The first-order valence-electron chi connectivity index (χ1n) is 38.1. The van der Waals surface area contributed by atoms with Gasteiger partial charge in [-0.15, -0.1) is 0 Å². The fraction of sp³-hybridized carbons (Fsp3) is 0.533. The third-order valence-electron chi connectivity index (χ3n) is 19.8. The van der Waals surface area contributed by atoms with E-state index in [1.807, 2.05) is 27.7 Å². The number of rotatable bonds is 35. The van der Waals surface area contributed by atoms with Crippen LogP contribution in [0.1, 0.15) is 150 Å². The summed E-state index contributed by atoms with van der Waals surface area (Å²) in [5.74, 6) is -19.2. The van der Waals surface area contributed by atoms with Crippen molar-refractivity contribution < 1.29 is 115 Å². The molecule has 3 saturated heterocycles. The zero-order valence-corrected chi connectivity index (χ0v) is 67.3. The number of hydrogen-bond donors (Lipinski definition) is 13. The molecule has 0 aliphatic carbocycles. The van der Waals surface area contributed by atoms with Crippen LogP contribution in [-0.2, 0) is 110 Å². The monoisotopic (exact) mass is 1650 g/mol. The normalized spacial score (nSPS) is 23.0. The van der Waals surface area contributed by atoms with E-state index < -0.39 is 223 Å². The number of carbonyl (C=O) groups excluding carboxylic acids is 18. The summed E-state index contributed by atoms with van der Waals surface area (Å²) in [6, 6.07) is -8.05. The van der Waals surface area contributed by atoms with E-state index in [4.69, 9.17) is 60.6 Å². The van der Waals surface area contributed by atoms with Crippen LogP contribution in [0.5, 0.6) is 0 Å².